The summed E-state index contributed by atoms with van der Waals surface area (Å²) in [6.45, 7) is 5.92. The van der Waals surface area contributed by atoms with E-state index >= 15 is 0 Å². The van der Waals surface area contributed by atoms with Gasteiger partial charge in [0.05, 0.1) is 5.75 Å². The lowest BCUT2D eigenvalue weighted by atomic mass is 10.2. The quantitative estimate of drug-likeness (QED) is 0.849. The summed E-state index contributed by atoms with van der Waals surface area (Å²) in [5.41, 5.74) is -0.585. The van der Waals surface area contributed by atoms with E-state index in [1.807, 2.05) is 0 Å². The van der Waals surface area contributed by atoms with Crippen molar-refractivity contribution in [2.75, 3.05) is 12.3 Å². The molecule has 0 radical (unpaired) electrons. The lowest BCUT2D eigenvalue weighted by Crippen LogP contribution is -2.42. The molecule has 1 aliphatic heterocycles. The number of carbonyl (C=O) groups is 1. The molecule has 0 aliphatic carbocycles. The average Bonchev–Trinajstić information content (AvgIpc) is 2.95. The predicted molar refractivity (Wildman–Crippen MR) is 80.1 cm³/mol. The van der Waals surface area contributed by atoms with Gasteiger partial charge in [-0.15, -0.1) is 11.3 Å². The first-order chi connectivity index (χ1) is 9.69. The first-order valence-corrected chi connectivity index (χ1v) is 9.34. The van der Waals surface area contributed by atoms with Crippen LogP contribution in [0.1, 0.15) is 33.6 Å². The van der Waals surface area contributed by atoms with Gasteiger partial charge in [0.2, 0.25) is 14.2 Å². The van der Waals surface area contributed by atoms with E-state index in [1.165, 1.54) is 11.1 Å². The van der Waals surface area contributed by atoms with Gasteiger partial charge in [-0.3, -0.25) is 0 Å². The number of likely N-dealkylation sites (tertiary alicyclic amines) is 1. The maximum absolute atomic E-state index is 12.3. The Bertz CT molecular complexity index is 590. The number of aromatic nitrogens is 1. The molecule has 1 aliphatic rings. The average molecular weight is 332 g/mol. The smallest absolute Gasteiger partial charge is 0.410 e. The van der Waals surface area contributed by atoms with Crippen molar-refractivity contribution < 1.29 is 17.9 Å². The number of hydrogen-bond donors (Lipinski definition) is 0. The van der Waals surface area contributed by atoms with Crippen LogP contribution >= 0.6 is 11.3 Å². The summed E-state index contributed by atoms with van der Waals surface area (Å²) in [5.74, 6) is -0.0975. The van der Waals surface area contributed by atoms with Crippen LogP contribution in [0.25, 0.3) is 0 Å². The Morgan fingerprint density at radius 1 is 1.52 bits per heavy atom. The first kappa shape index (κ1) is 16.2. The van der Waals surface area contributed by atoms with Crippen LogP contribution in [-0.4, -0.2) is 48.3 Å². The van der Waals surface area contributed by atoms with Crippen molar-refractivity contribution in [1.82, 2.24) is 9.88 Å². The molecule has 0 saturated carbocycles. The molecule has 8 heteroatoms. The molecule has 0 aromatic carbocycles. The van der Waals surface area contributed by atoms with E-state index in [4.69, 9.17) is 4.74 Å². The van der Waals surface area contributed by atoms with Crippen LogP contribution < -0.4 is 0 Å². The zero-order valence-corrected chi connectivity index (χ0v) is 14.0. The van der Waals surface area contributed by atoms with E-state index in [1.54, 1.807) is 26.2 Å². The Hall–Kier alpha value is -1.15. The zero-order chi connectivity index (χ0) is 15.7. The lowest BCUT2D eigenvalue weighted by molar-refractivity contribution is 0.0241. The Balaban J connectivity index is 2.08. The number of thiazole rings is 1. The van der Waals surface area contributed by atoms with E-state index in [9.17, 15) is 13.2 Å². The largest absolute Gasteiger partial charge is 0.444 e. The van der Waals surface area contributed by atoms with E-state index < -0.39 is 21.5 Å². The van der Waals surface area contributed by atoms with Crippen molar-refractivity contribution in [3.05, 3.63) is 11.6 Å². The normalized spacial score (nSPS) is 19.8. The molecule has 118 valence electrons. The maximum Gasteiger partial charge on any atom is 0.410 e. The Labute approximate surface area is 129 Å². The second-order valence-corrected chi connectivity index (χ2v) is 9.15. The molecule has 0 bridgehead atoms. The number of carbonyl (C=O) groups excluding carboxylic acids is 1. The fourth-order valence-corrected chi connectivity index (χ4v) is 4.79. The molecule has 2 rings (SSSR count). The summed E-state index contributed by atoms with van der Waals surface area (Å²) in [6, 6.07) is -0.339. The van der Waals surface area contributed by atoms with Crippen LogP contribution in [-0.2, 0) is 14.6 Å². The highest BCUT2D eigenvalue weighted by Crippen LogP contribution is 2.24. The molecule has 1 aromatic heterocycles. The van der Waals surface area contributed by atoms with Crippen molar-refractivity contribution in [3.8, 4) is 0 Å². The van der Waals surface area contributed by atoms with Crippen LogP contribution in [0.3, 0.4) is 0 Å². The molecular weight excluding hydrogens is 312 g/mol. The third kappa shape index (κ3) is 4.16. The van der Waals surface area contributed by atoms with Crippen LogP contribution in [0.2, 0.25) is 0 Å². The summed E-state index contributed by atoms with van der Waals surface area (Å²) in [7, 11) is -3.45. The highest BCUT2D eigenvalue weighted by atomic mass is 32.2. The molecule has 1 fully saturated rings. The third-order valence-corrected chi connectivity index (χ3v) is 6.17. The van der Waals surface area contributed by atoms with Crippen LogP contribution in [0.15, 0.2) is 15.9 Å². The molecule has 1 atom stereocenters. The second-order valence-electron chi connectivity index (χ2n) is 6.05. The van der Waals surface area contributed by atoms with Crippen molar-refractivity contribution in [1.29, 1.82) is 0 Å². The highest BCUT2D eigenvalue weighted by molar-refractivity contribution is 7.93. The molecule has 21 heavy (non-hydrogen) atoms. The number of amides is 1. The van der Waals surface area contributed by atoms with Gasteiger partial charge in [0.15, 0.2) is 0 Å². The summed E-state index contributed by atoms with van der Waals surface area (Å²) in [6.07, 6.45) is 2.48. The molecular formula is C13H20N2O4S2. The third-order valence-electron chi connectivity index (χ3n) is 3.09. The Morgan fingerprint density at radius 2 is 2.24 bits per heavy atom. The van der Waals surface area contributed by atoms with Gasteiger partial charge in [0.25, 0.3) is 0 Å². The van der Waals surface area contributed by atoms with Gasteiger partial charge < -0.3 is 9.64 Å². The standard InChI is InChI=1S/C13H20N2O4S2/c1-13(2,3)19-12(16)15-7-4-5-10(15)9-21(17,18)11-14-6-8-20-11/h6,8,10H,4-5,7,9H2,1-3H3/t10-/m1/s1. The van der Waals surface area contributed by atoms with E-state index in [0.29, 0.717) is 13.0 Å². The van der Waals surface area contributed by atoms with Crippen molar-refractivity contribution in [3.63, 3.8) is 0 Å². The Kier molecular flexibility index (Phi) is 4.57. The zero-order valence-electron chi connectivity index (χ0n) is 12.4. The minimum Gasteiger partial charge on any atom is -0.444 e. The fourth-order valence-electron chi connectivity index (χ4n) is 2.26. The van der Waals surface area contributed by atoms with E-state index in [-0.39, 0.29) is 16.1 Å². The monoisotopic (exact) mass is 332 g/mol. The molecule has 1 saturated heterocycles. The summed E-state index contributed by atoms with van der Waals surface area (Å²) >= 11 is 1.10. The molecule has 0 spiro atoms. The van der Waals surface area contributed by atoms with Gasteiger partial charge in [-0.25, -0.2) is 18.2 Å². The number of nitrogens with zero attached hydrogens (tertiary/aromatic N) is 2. The fraction of sp³-hybridized carbons (Fsp3) is 0.692. The molecule has 6 nitrogen and oxygen atoms in total. The van der Waals surface area contributed by atoms with Gasteiger partial charge >= 0.3 is 6.09 Å². The van der Waals surface area contributed by atoms with Crippen LogP contribution in [0, 0.1) is 0 Å². The maximum atomic E-state index is 12.3. The molecule has 2 heterocycles. The van der Waals surface area contributed by atoms with Gasteiger partial charge in [-0.1, -0.05) is 0 Å². The van der Waals surface area contributed by atoms with Crippen molar-refractivity contribution >= 4 is 27.3 Å². The number of sulfone groups is 1. The number of rotatable bonds is 3. The number of ether oxygens (including phenoxy) is 1. The molecule has 0 unspecified atom stereocenters. The minimum absolute atomic E-state index is 0.0975. The van der Waals surface area contributed by atoms with Gasteiger partial charge in [0, 0.05) is 24.2 Å². The van der Waals surface area contributed by atoms with E-state index in [0.717, 1.165) is 17.8 Å². The van der Waals surface area contributed by atoms with Gasteiger partial charge in [0.1, 0.15) is 5.60 Å². The molecule has 1 amide bonds. The second kappa shape index (κ2) is 5.92. The van der Waals surface area contributed by atoms with Crippen molar-refractivity contribution in [2.24, 2.45) is 0 Å². The SMILES string of the molecule is CC(C)(C)OC(=O)N1CCC[C@@H]1CS(=O)(=O)c1nccs1. The highest BCUT2D eigenvalue weighted by Gasteiger charge is 2.36. The first-order valence-electron chi connectivity index (χ1n) is 6.81. The van der Waals surface area contributed by atoms with Crippen molar-refractivity contribution in [2.45, 2.75) is 49.6 Å². The number of hydrogen-bond acceptors (Lipinski definition) is 6. The predicted octanol–water partition coefficient (Wildman–Crippen LogP) is 2.32. The van der Waals surface area contributed by atoms with Crippen LogP contribution in [0.4, 0.5) is 4.79 Å². The van der Waals surface area contributed by atoms with Crippen LogP contribution in [0.5, 0.6) is 0 Å². The molecule has 1 aromatic rings. The Morgan fingerprint density at radius 3 is 2.81 bits per heavy atom. The summed E-state index contributed by atoms with van der Waals surface area (Å²) in [4.78, 5) is 17.5. The topological polar surface area (TPSA) is 76.6 Å². The van der Waals surface area contributed by atoms with E-state index in [2.05, 4.69) is 4.98 Å². The van der Waals surface area contributed by atoms with Gasteiger partial charge in [-0.05, 0) is 33.6 Å². The molecule has 0 N–H and O–H groups in total. The summed E-state index contributed by atoms with van der Waals surface area (Å²) < 4.78 is 30.0. The summed E-state index contributed by atoms with van der Waals surface area (Å²) in [5, 5.41) is 1.63. The van der Waals surface area contributed by atoms with Gasteiger partial charge in [-0.2, -0.15) is 0 Å². The lowest BCUT2D eigenvalue weighted by Gasteiger charge is -2.28. The minimum atomic E-state index is -3.45.